The van der Waals surface area contributed by atoms with E-state index in [0.29, 0.717) is 6.79 Å². The molecule has 0 fully saturated rings. The van der Waals surface area contributed by atoms with Crippen LogP contribution in [-0.4, -0.2) is 22.9 Å². The highest BCUT2D eigenvalue weighted by Crippen LogP contribution is 2.39. The maximum atomic E-state index is 5.51. The Morgan fingerprint density at radius 3 is 3.05 bits per heavy atom. The normalized spacial score (nSPS) is 19.9. The molecule has 1 unspecified atom stereocenters. The van der Waals surface area contributed by atoms with Crippen molar-refractivity contribution < 1.29 is 9.47 Å². The zero-order valence-electron chi connectivity index (χ0n) is 11.4. The van der Waals surface area contributed by atoms with E-state index >= 15 is 0 Å². The van der Waals surface area contributed by atoms with Gasteiger partial charge in [-0.25, -0.2) is 4.98 Å². The summed E-state index contributed by atoms with van der Waals surface area (Å²) in [5.41, 5.74) is 2.57. The third kappa shape index (κ3) is 1.70. The van der Waals surface area contributed by atoms with Gasteiger partial charge >= 0.3 is 0 Å². The highest BCUT2D eigenvalue weighted by Gasteiger charge is 2.28. The van der Waals surface area contributed by atoms with Gasteiger partial charge in [-0.05, 0) is 36.6 Å². The van der Waals surface area contributed by atoms with Crippen LogP contribution in [0.4, 0.5) is 0 Å². The highest BCUT2D eigenvalue weighted by atomic mass is 16.7. The van der Waals surface area contributed by atoms with Crippen molar-refractivity contribution in [1.29, 1.82) is 0 Å². The molecule has 5 nitrogen and oxygen atoms in total. The summed E-state index contributed by atoms with van der Waals surface area (Å²) in [5, 5.41) is 3.56. The highest BCUT2D eigenvalue weighted by molar-refractivity contribution is 5.51. The van der Waals surface area contributed by atoms with Crippen molar-refractivity contribution in [2.75, 3.05) is 13.3 Å². The summed E-state index contributed by atoms with van der Waals surface area (Å²) in [4.78, 5) is 4.53. The first-order valence-electron chi connectivity index (χ1n) is 7.03. The van der Waals surface area contributed by atoms with Crippen LogP contribution in [0.3, 0.4) is 0 Å². The molecule has 1 aromatic carbocycles. The third-order valence-corrected chi connectivity index (χ3v) is 4.03. The number of imidazole rings is 1. The van der Waals surface area contributed by atoms with Crippen LogP contribution >= 0.6 is 0 Å². The van der Waals surface area contributed by atoms with Gasteiger partial charge in [0.05, 0.1) is 6.04 Å². The van der Waals surface area contributed by atoms with E-state index < -0.39 is 0 Å². The number of hydrogen-bond donors (Lipinski definition) is 1. The van der Waals surface area contributed by atoms with Crippen molar-refractivity contribution in [3.05, 3.63) is 41.5 Å². The number of ether oxygens (including phenoxy) is 2. The summed E-state index contributed by atoms with van der Waals surface area (Å²) in [6.07, 6.45) is 4.90. The summed E-state index contributed by atoms with van der Waals surface area (Å²) in [6.45, 7) is 4.33. The molecule has 4 rings (SSSR count). The van der Waals surface area contributed by atoms with E-state index in [9.17, 15) is 0 Å². The average Bonchev–Trinajstić information content (AvgIpc) is 3.12. The Balaban J connectivity index is 1.82. The van der Waals surface area contributed by atoms with Crippen LogP contribution in [0, 0.1) is 0 Å². The van der Waals surface area contributed by atoms with Crippen LogP contribution in [0.1, 0.15) is 29.9 Å². The van der Waals surface area contributed by atoms with Crippen molar-refractivity contribution in [2.45, 2.75) is 25.9 Å². The first kappa shape index (κ1) is 11.8. The summed E-state index contributed by atoms with van der Waals surface area (Å²) in [5.74, 6) is 2.77. The van der Waals surface area contributed by atoms with Crippen LogP contribution in [0.15, 0.2) is 24.5 Å². The molecule has 0 radical (unpaired) electrons. The molecule has 0 saturated heterocycles. The van der Waals surface area contributed by atoms with Crippen molar-refractivity contribution >= 4 is 0 Å². The Morgan fingerprint density at radius 1 is 1.35 bits per heavy atom. The SMILES string of the molecule is CCn1ccnc1C1NCCc2cc3c(cc21)OCO3. The number of benzene rings is 1. The van der Waals surface area contributed by atoms with E-state index in [0.717, 1.165) is 36.8 Å². The number of aromatic nitrogens is 2. The summed E-state index contributed by atoms with van der Waals surface area (Å²) in [7, 11) is 0. The van der Waals surface area contributed by atoms with Crippen LogP contribution < -0.4 is 14.8 Å². The fourth-order valence-electron chi connectivity index (χ4n) is 3.02. The van der Waals surface area contributed by atoms with Gasteiger partial charge in [0.1, 0.15) is 5.82 Å². The summed E-state index contributed by atoms with van der Waals surface area (Å²) >= 11 is 0. The zero-order chi connectivity index (χ0) is 13.5. The smallest absolute Gasteiger partial charge is 0.231 e. The summed E-state index contributed by atoms with van der Waals surface area (Å²) in [6, 6.07) is 4.34. The predicted octanol–water partition coefficient (Wildman–Crippen LogP) is 1.87. The second kappa shape index (κ2) is 4.52. The van der Waals surface area contributed by atoms with Crippen molar-refractivity contribution in [1.82, 2.24) is 14.9 Å². The molecule has 1 N–H and O–H groups in total. The maximum Gasteiger partial charge on any atom is 0.231 e. The van der Waals surface area contributed by atoms with Crippen molar-refractivity contribution in [3.8, 4) is 11.5 Å². The predicted molar refractivity (Wildman–Crippen MR) is 74.0 cm³/mol. The Kier molecular flexibility index (Phi) is 2.67. The number of fused-ring (bicyclic) bond motifs is 2. The van der Waals surface area contributed by atoms with Gasteiger partial charge in [-0.15, -0.1) is 0 Å². The van der Waals surface area contributed by atoms with Gasteiger partial charge < -0.3 is 19.4 Å². The molecule has 1 aromatic heterocycles. The average molecular weight is 271 g/mol. The number of hydrogen-bond acceptors (Lipinski definition) is 4. The zero-order valence-corrected chi connectivity index (χ0v) is 11.4. The third-order valence-electron chi connectivity index (χ3n) is 4.03. The molecule has 5 heteroatoms. The fourth-order valence-corrected chi connectivity index (χ4v) is 3.02. The summed E-state index contributed by atoms with van der Waals surface area (Å²) < 4.78 is 13.2. The Hall–Kier alpha value is -2.01. The molecule has 3 heterocycles. The molecule has 0 aliphatic carbocycles. The Bertz CT molecular complexity index is 651. The lowest BCUT2D eigenvalue weighted by Crippen LogP contribution is -2.32. The van der Waals surface area contributed by atoms with Crippen molar-refractivity contribution in [2.24, 2.45) is 0 Å². The van der Waals surface area contributed by atoms with E-state index in [4.69, 9.17) is 9.47 Å². The number of nitrogens with zero attached hydrogens (tertiary/aromatic N) is 2. The second-order valence-electron chi connectivity index (χ2n) is 5.11. The standard InChI is InChI=1S/C15H17N3O2/c1-2-18-6-5-17-15(18)14-11-8-13-12(19-9-20-13)7-10(11)3-4-16-14/h5-8,14,16H,2-4,9H2,1H3. The molecule has 2 aliphatic rings. The minimum Gasteiger partial charge on any atom is -0.454 e. The Labute approximate surface area is 117 Å². The van der Waals surface area contributed by atoms with Crippen molar-refractivity contribution in [3.63, 3.8) is 0 Å². The lowest BCUT2D eigenvalue weighted by molar-refractivity contribution is 0.174. The number of rotatable bonds is 2. The quantitative estimate of drug-likeness (QED) is 0.906. The molecule has 2 aromatic rings. The van der Waals surface area contributed by atoms with Gasteiger partial charge in [-0.2, -0.15) is 0 Å². The van der Waals surface area contributed by atoms with E-state index in [2.05, 4.69) is 33.9 Å². The molecule has 0 saturated carbocycles. The molecular formula is C15H17N3O2. The van der Waals surface area contributed by atoms with Gasteiger partial charge in [0, 0.05) is 25.5 Å². The minimum atomic E-state index is 0.128. The molecule has 104 valence electrons. The van der Waals surface area contributed by atoms with E-state index in [1.54, 1.807) is 0 Å². The second-order valence-corrected chi connectivity index (χ2v) is 5.11. The Morgan fingerprint density at radius 2 is 2.20 bits per heavy atom. The van der Waals surface area contributed by atoms with E-state index in [-0.39, 0.29) is 6.04 Å². The van der Waals surface area contributed by atoms with Crippen LogP contribution in [0.5, 0.6) is 11.5 Å². The monoisotopic (exact) mass is 271 g/mol. The van der Waals surface area contributed by atoms with Gasteiger partial charge in [-0.1, -0.05) is 0 Å². The number of aryl methyl sites for hydroxylation is 1. The first-order chi connectivity index (χ1) is 9.86. The minimum absolute atomic E-state index is 0.128. The van der Waals surface area contributed by atoms with Crippen LogP contribution in [-0.2, 0) is 13.0 Å². The lowest BCUT2D eigenvalue weighted by Gasteiger charge is -2.27. The van der Waals surface area contributed by atoms with Crippen LogP contribution in [0.2, 0.25) is 0 Å². The fraction of sp³-hybridized carbons (Fsp3) is 0.400. The van der Waals surface area contributed by atoms with Crippen LogP contribution in [0.25, 0.3) is 0 Å². The largest absolute Gasteiger partial charge is 0.454 e. The molecular weight excluding hydrogens is 254 g/mol. The van der Waals surface area contributed by atoms with Gasteiger partial charge in [0.25, 0.3) is 0 Å². The first-order valence-corrected chi connectivity index (χ1v) is 7.03. The molecule has 0 spiro atoms. The van der Waals surface area contributed by atoms with Gasteiger partial charge in [-0.3, -0.25) is 0 Å². The molecule has 2 aliphatic heterocycles. The van der Waals surface area contributed by atoms with E-state index in [1.165, 1.54) is 11.1 Å². The van der Waals surface area contributed by atoms with E-state index in [1.807, 2.05) is 12.4 Å². The topological polar surface area (TPSA) is 48.3 Å². The lowest BCUT2D eigenvalue weighted by atomic mass is 9.93. The molecule has 20 heavy (non-hydrogen) atoms. The molecule has 0 amide bonds. The molecule has 1 atom stereocenters. The van der Waals surface area contributed by atoms with Gasteiger partial charge in [0.2, 0.25) is 6.79 Å². The maximum absolute atomic E-state index is 5.51. The number of nitrogens with one attached hydrogen (secondary N) is 1. The molecule has 0 bridgehead atoms. The van der Waals surface area contributed by atoms with Gasteiger partial charge in [0.15, 0.2) is 11.5 Å².